The zero-order chi connectivity index (χ0) is 31.6. The zero-order valence-corrected chi connectivity index (χ0v) is 26.1. The van der Waals surface area contributed by atoms with E-state index in [2.05, 4.69) is 181 Å². The number of hydrogen-bond donors (Lipinski definition) is 0. The van der Waals surface area contributed by atoms with Crippen LogP contribution in [0.15, 0.2) is 180 Å². The summed E-state index contributed by atoms with van der Waals surface area (Å²) < 4.78 is 6.48. The van der Waals surface area contributed by atoms with E-state index in [0.29, 0.717) is 0 Å². The Balaban J connectivity index is 1.11. The number of fused-ring (bicyclic) bond motifs is 10. The van der Waals surface area contributed by atoms with E-state index in [4.69, 9.17) is 4.42 Å². The number of para-hydroxylation sites is 1. The molecule has 0 radical (unpaired) electrons. The lowest BCUT2D eigenvalue weighted by Crippen LogP contribution is -2.09. The second-order valence-electron chi connectivity index (χ2n) is 12.5. The summed E-state index contributed by atoms with van der Waals surface area (Å²) in [7, 11) is 0. The fraction of sp³-hybridized carbons (Fsp3) is 0. The molecule has 0 amide bonds. The van der Waals surface area contributed by atoms with Crippen LogP contribution in [0.4, 0.5) is 17.1 Å². The lowest BCUT2D eigenvalue weighted by Gasteiger charge is -2.25. The highest BCUT2D eigenvalue weighted by Crippen LogP contribution is 2.42. The van der Waals surface area contributed by atoms with E-state index in [9.17, 15) is 0 Å². The minimum Gasteiger partial charge on any atom is -0.456 e. The van der Waals surface area contributed by atoms with Gasteiger partial charge in [-0.1, -0.05) is 127 Å². The predicted molar refractivity (Wildman–Crippen MR) is 204 cm³/mol. The van der Waals surface area contributed by atoms with Crippen LogP contribution in [0, 0.1) is 0 Å². The quantitative estimate of drug-likeness (QED) is 0.184. The SMILES string of the molecule is c1ccc(N(c2ccc(-c3cccc4ccc5c6ccccc6ccc5c34)cc2)c2ccc3c(c2)oc2ccc4ccccc4c23)cc1. The van der Waals surface area contributed by atoms with Crippen LogP contribution >= 0.6 is 0 Å². The highest BCUT2D eigenvalue weighted by molar-refractivity contribution is 6.21. The van der Waals surface area contributed by atoms with E-state index in [1.54, 1.807) is 0 Å². The molecule has 9 aromatic carbocycles. The maximum absolute atomic E-state index is 6.48. The summed E-state index contributed by atoms with van der Waals surface area (Å²) in [5.74, 6) is 0. The van der Waals surface area contributed by atoms with Crippen molar-refractivity contribution >= 4 is 82.1 Å². The summed E-state index contributed by atoms with van der Waals surface area (Å²) in [6, 6.07) is 63.2. The van der Waals surface area contributed by atoms with Crippen molar-refractivity contribution in [1.82, 2.24) is 0 Å². The summed E-state index contributed by atoms with van der Waals surface area (Å²) >= 11 is 0. The Morgan fingerprint density at radius 1 is 0.333 bits per heavy atom. The molecule has 224 valence electrons. The molecule has 0 aliphatic rings. The Hall–Kier alpha value is -6.38. The van der Waals surface area contributed by atoms with Gasteiger partial charge in [0.2, 0.25) is 0 Å². The van der Waals surface area contributed by atoms with E-state index in [1.807, 2.05) is 0 Å². The van der Waals surface area contributed by atoms with Crippen molar-refractivity contribution in [3.05, 3.63) is 176 Å². The molecule has 0 aliphatic carbocycles. The first-order chi connectivity index (χ1) is 23.8. The maximum Gasteiger partial charge on any atom is 0.137 e. The van der Waals surface area contributed by atoms with Gasteiger partial charge in [0.15, 0.2) is 0 Å². The van der Waals surface area contributed by atoms with Crippen molar-refractivity contribution in [3.8, 4) is 11.1 Å². The highest BCUT2D eigenvalue weighted by atomic mass is 16.3. The molecule has 48 heavy (non-hydrogen) atoms. The van der Waals surface area contributed by atoms with Crippen LogP contribution in [0.5, 0.6) is 0 Å². The second-order valence-corrected chi connectivity index (χ2v) is 12.5. The third-order valence-corrected chi connectivity index (χ3v) is 9.82. The first-order valence-electron chi connectivity index (χ1n) is 16.4. The first-order valence-corrected chi connectivity index (χ1v) is 16.4. The van der Waals surface area contributed by atoms with Gasteiger partial charge in [-0.05, 0) is 96.7 Å². The van der Waals surface area contributed by atoms with Crippen LogP contribution in [0.2, 0.25) is 0 Å². The fourth-order valence-electron chi connectivity index (χ4n) is 7.60. The zero-order valence-electron chi connectivity index (χ0n) is 26.1. The maximum atomic E-state index is 6.48. The molecule has 0 spiro atoms. The van der Waals surface area contributed by atoms with Crippen molar-refractivity contribution in [2.24, 2.45) is 0 Å². The van der Waals surface area contributed by atoms with Crippen LogP contribution in [-0.4, -0.2) is 0 Å². The number of hydrogen-bond acceptors (Lipinski definition) is 2. The highest BCUT2D eigenvalue weighted by Gasteiger charge is 2.17. The Kier molecular flexibility index (Phi) is 5.91. The van der Waals surface area contributed by atoms with Crippen LogP contribution in [0.25, 0.3) is 76.2 Å². The summed E-state index contributed by atoms with van der Waals surface area (Å²) in [6.45, 7) is 0. The molecule has 10 rings (SSSR count). The lowest BCUT2D eigenvalue weighted by atomic mass is 9.91. The molecule has 1 aromatic heterocycles. The van der Waals surface area contributed by atoms with Gasteiger partial charge in [0.25, 0.3) is 0 Å². The molecule has 0 fully saturated rings. The summed E-state index contributed by atoms with van der Waals surface area (Å²) in [5.41, 5.74) is 7.45. The van der Waals surface area contributed by atoms with E-state index in [0.717, 1.165) is 33.6 Å². The number of anilines is 3. The number of nitrogens with zero attached hydrogens (tertiary/aromatic N) is 1. The molecule has 0 saturated carbocycles. The molecule has 10 aromatic rings. The molecular formula is C46H29NO. The molecule has 1 heterocycles. The summed E-state index contributed by atoms with van der Waals surface area (Å²) in [5, 5.41) is 12.4. The van der Waals surface area contributed by atoms with Gasteiger partial charge in [0.05, 0.1) is 0 Å². The Bertz CT molecular complexity index is 2830. The fourth-order valence-corrected chi connectivity index (χ4v) is 7.60. The predicted octanol–water partition coefficient (Wildman–Crippen LogP) is 13.3. The number of rotatable bonds is 4. The molecule has 0 aliphatic heterocycles. The molecule has 0 unspecified atom stereocenters. The van der Waals surface area contributed by atoms with Gasteiger partial charge in [0.1, 0.15) is 11.2 Å². The number of furan rings is 1. The van der Waals surface area contributed by atoms with Gasteiger partial charge < -0.3 is 9.32 Å². The summed E-state index contributed by atoms with van der Waals surface area (Å²) in [6.07, 6.45) is 0. The van der Waals surface area contributed by atoms with Gasteiger partial charge in [-0.15, -0.1) is 0 Å². The van der Waals surface area contributed by atoms with E-state index < -0.39 is 0 Å². The third kappa shape index (κ3) is 4.13. The Morgan fingerprint density at radius 3 is 1.81 bits per heavy atom. The van der Waals surface area contributed by atoms with E-state index in [-0.39, 0.29) is 0 Å². The van der Waals surface area contributed by atoms with Crippen LogP contribution < -0.4 is 4.90 Å². The second kappa shape index (κ2) is 10.6. The van der Waals surface area contributed by atoms with Gasteiger partial charge in [-0.2, -0.15) is 0 Å². The topological polar surface area (TPSA) is 16.4 Å². The van der Waals surface area contributed by atoms with Crippen LogP contribution in [-0.2, 0) is 0 Å². The average molecular weight is 612 g/mol. The van der Waals surface area contributed by atoms with Gasteiger partial charge in [-0.25, -0.2) is 0 Å². The monoisotopic (exact) mass is 611 g/mol. The minimum absolute atomic E-state index is 0.881. The van der Waals surface area contributed by atoms with Crippen molar-refractivity contribution in [1.29, 1.82) is 0 Å². The van der Waals surface area contributed by atoms with Crippen molar-refractivity contribution in [2.45, 2.75) is 0 Å². The third-order valence-electron chi connectivity index (χ3n) is 9.82. The van der Waals surface area contributed by atoms with Crippen molar-refractivity contribution in [3.63, 3.8) is 0 Å². The van der Waals surface area contributed by atoms with Crippen molar-refractivity contribution < 1.29 is 4.42 Å². The van der Waals surface area contributed by atoms with Gasteiger partial charge in [0, 0.05) is 33.9 Å². The molecule has 0 bridgehead atoms. The smallest absolute Gasteiger partial charge is 0.137 e. The molecule has 0 atom stereocenters. The Morgan fingerprint density at radius 2 is 0.958 bits per heavy atom. The van der Waals surface area contributed by atoms with E-state index >= 15 is 0 Å². The van der Waals surface area contributed by atoms with Gasteiger partial charge in [-0.3, -0.25) is 0 Å². The Labute approximate surface area is 277 Å². The summed E-state index contributed by atoms with van der Waals surface area (Å²) in [4.78, 5) is 2.30. The van der Waals surface area contributed by atoms with Crippen LogP contribution in [0.3, 0.4) is 0 Å². The largest absolute Gasteiger partial charge is 0.456 e. The average Bonchev–Trinajstić information content (AvgIpc) is 3.54. The molecule has 0 N–H and O–H groups in total. The molecule has 2 nitrogen and oxygen atoms in total. The van der Waals surface area contributed by atoms with Crippen LogP contribution in [0.1, 0.15) is 0 Å². The standard InChI is InChI=1S/C46H29NO/c1-2-12-34(13-3-1)47(36-24-27-42-44(29-36)48-43-28-21-31-10-5-7-15-39(31)46(42)43)35-22-17-32(18-23-35)38-16-8-11-33-20-25-40-37-14-6-4-9-30(37)19-26-41(40)45(33)38/h1-29H. The first kappa shape index (κ1) is 26.8. The molecule has 0 saturated heterocycles. The molecule has 2 heteroatoms. The lowest BCUT2D eigenvalue weighted by molar-refractivity contribution is 0.669. The van der Waals surface area contributed by atoms with E-state index in [1.165, 1.54) is 59.6 Å². The van der Waals surface area contributed by atoms with Gasteiger partial charge >= 0.3 is 0 Å². The molecular weight excluding hydrogens is 583 g/mol. The number of benzene rings is 9. The minimum atomic E-state index is 0.881. The normalized spacial score (nSPS) is 11.8. The van der Waals surface area contributed by atoms with Crippen molar-refractivity contribution in [2.75, 3.05) is 4.90 Å².